The maximum absolute atomic E-state index is 13.7. The van der Waals surface area contributed by atoms with Crippen molar-refractivity contribution in [3.63, 3.8) is 0 Å². The van der Waals surface area contributed by atoms with Crippen molar-refractivity contribution in [1.29, 1.82) is 0 Å². The van der Waals surface area contributed by atoms with Gasteiger partial charge in [-0.2, -0.15) is 4.31 Å². The first kappa shape index (κ1) is 21.8. The van der Waals surface area contributed by atoms with Crippen LogP contribution in [0.5, 0.6) is 5.75 Å². The predicted octanol–water partition coefficient (Wildman–Crippen LogP) is 3.60. The maximum atomic E-state index is 13.7. The number of sulfonamides is 1. The van der Waals surface area contributed by atoms with Gasteiger partial charge in [0, 0.05) is 37.1 Å². The highest BCUT2D eigenvalue weighted by molar-refractivity contribution is 7.89. The lowest BCUT2D eigenvalue weighted by atomic mass is 10.2. The number of piperazine rings is 1. The number of thiazole rings is 1. The number of hydrogen-bond donors (Lipinski definition) is 0. The van der Waals surface area contributed by atoms with Gasteiger partial charge in [0.05, 0.1) is 19.3 Å². The molecule has 0 radical (unpaired) electrons. The van der Waals surface area contributed by atoms with Crippen LogP contribution >= 0.6 is 11.3 Å². The first-order valence-electron chi connectivity index (χ1n) is 9.63. The van der Waals surface area contributed by atoms with Crippen LogP contribution < -0.4 is 4.74 Å². The molecule has 0 N–H and O–H groups in total. The van der Waals surface area contributed by atoms with Gasteiger partial charge in [0.2, 0.25) is 10.0 Å². The zero-order chi connectivity index (χ0) is 22.0. The molecule has 0 aliphatic carbocycles. The molecule has 31 heavy (non-hydrogen) atoms. The number of methoxy groups -OCH3 is 1. The van der Waals surface area contributed by atoms with Gasteiger partial charge in [-0.15, -0.1) is 11.3 Å². The first-order valence-corrected chi connectivity index (χ1v) is 11.9. The third-order valence-corrected chi connectivity index (χ3v) is 7.88. The van der Waals surface area contributed by atoms with E-state index in [1.165, 1.54) is 47.0 Å². The highest BCUT2D eigenvalue weighted by atomic mass is 32.2. The van der Waals surface area contributed by atoms with Crippen molar-refractivity contribution in [3.8, 4) is 17.0 Å². The Kier molecular flexibility index (Phi) is 6.33. The van der Waals surface area contributed by atoms with Crippen molar-refractivity contribution < 1.29 is 21.9 Å². The summed E-state index contributed by atoms with van der Waals surface area (Å²) in [6.45, 7) is 2.24. The van der Waals surface area contributed by atoms with Crippen LogP contribution in [0.15, 0.2) is 52.7 Å². The van der Waals surface area contributed by atoms with Crippen LogP contribution in [-0.4, -0.2) is 55.9 Å². The maximum Gasteiger partial charge on any atom is 0.246 e. The third-order valence-electron chi connectivity index (χ3n) is 5.13. The van der Waals surface area contributed by atoms with Crippen molar-refractivity contribution in [3.05, 3.63) is 64.5 Å². The highest BCUT2D eigenvalue weighted by Crippen LogP contribution is 2.29. The standard InChI is InChI=1S/C21H21F2N3O3S2/c1-29-19-7-6-17(23)12-20(19)31(27,28)26-10-8-25(9-11-26)13-21-24-18(14-30-21)15-2-4-16(22)5-3-15/h2-7,12,14H,8-11,13H2,1H3. The van der Waals surface area contributed by atoms with E-state index in [2.05, 4.69) is 9.88 Å². The molecule has 164 valence electrons. The SMILES string of the molecule is COc1ccc(F)cc1S(=O)(=O)N1CCN(Cc2nc(-c3ccc(F)cc3)cs2)CC1. The average molecular weight is 466 g/mol. The minimum atomic E-state index is -3.86. The summed E-state index contributed by atoms with van der Waals surface area (Å²) < 4.78 is 59.2. The van der Waals surface area contributed by atoms with Gasteiger partial charge < -0.3 is 4.74 Å². The summed E-state index contributed by atoms with van der Waals surface area (Å²) >= 11 is 1.52. The monoisotopic (exact) mass is 465 g/mol. The molecule has 3 aromatic rings. The van der Waals surface area contributed by atoms with Crippen molar-refractivity contribution in [2.75, 3.05) is 33.3 Å². The second-order valence-electron chi connectivity index (χ2n) is 7.11. The minimum absolute atomic E-state index is 0.125. The first-order chi connectivity index (χ1) is 14.9. The molecule has 10 heteroatoms. The molecule has 0 spiro atoms. The minimum Gasteiger partial charge on any atom is -0.495 e. The molecule has 2 heterocycles. The molecule has 1 aliphatic heterocycles. The summed E-state index contributed by atoms with van der Waals surface area (Å²) in [5.41, 5.74) is 1.64. The van der Waals surface area contributed by atoms with E-state index in [-0.39, 0.29) is 29.6 Å². The Bertz CT molecular complexity index is 1160. The molecule has 1 fully saturated rings. The Hall–Kier alpha value is -2.40. The lowest BCUT2D eigenvalue weighted by Crippen LogP contribution is -2.48. The Morgan fingerprint density at radius 1 is 1.03 bits per heavy atom. The van der Waals surface area contributed by atoms with E-state index >= 15 is 0 Å². The van der Waals surface area contributed by atoms with E-state index in [9.17, 15) is 17.2 Å². The molecule has 6 nitrogen and oxygen atoms in total. The number of nitrogens with zero attached hydrogens (tertiary/aromatic N) is 3. The fourth-order valence-corrected chi connectivity index (χ4v) is 5.88. The fraction of sp³-hybridized carbons (Fsp3) is 0.286. The fourth-order valence-electron chi connectivity index (χ4n) is 3.45. The van der Waals surface area contributed by atoms with Crippen LogP contribution in [-0.2, 0) is 16.6 Å². The molecule has 0 atom stereocenters. The van der Waals surface area contributed by atoms with Gasteiger partial charge >= 0.3 is 0 Å². The van der Waals surface area contributed by atoms with Gasteiger partial charge in [-0.05, 0) is 42.5 Å². The topological polar surface area (TPSA) is 62.7 Å². The summed E-state index contributed by atoms with van der Waals surface area (Å²) in [6, 6.07) is 9.68. The Labute approximate surface area is 183 Å². The smallest absolute Gasteiger partial charge is 0.246 e. The number of hydrogen-bond acceptors (Lipinski definition) is 6. The summed E-state index contributed by atoms with van der Waals surface area (Å²) in [4.78, 5) is 6.58. The van der Waals surface area contributed by atoms with Crippen LogP contribution in [0.1, 0.15) is 5.01 Å². The van der Waals surface area contributed by atoms with E-state index in [1.54, 1.807) is 12.1 Å². The van der Waals surface area contributed by atoms with Crippen molar-refractivity contribution >= 4 is 21.4 Å². The zero-order valence-corrected chi connectivity index (χ0v) is 18.4. The second kappa shape index (κ2) is 8.99. The van der Waals surface area contributed by atoms with Crippen LogP contribution in [0.2, 0.25) is 0 Å². The van der Waals surface area contributed by atoms with Gasteiger partial charge in [0.25, 0.3) is 0 Å². The molecule has 0 saturated carbocycles. The number of benzene rings is 2. The zero-order valence-electron chi connectivity index (χ0n) is 16.8. The summed E-state index contributed by atoms with van der Waals surface area (Å²) in [5.74, 6) is -0.790. The summed E-state index contributed by atoms with van der Waals surface area (Å²) in [6.07, 6.45) is 0. The van der Waals surface area contributed by atoms with Crippen LogP contribution in [0, 0.1) is 11.6 Å². The molecule has 1 aromatic heterocycles. The number of aromatic nitrogens is 1. The molecule has 1 aliphatic rings. The van der Waals surface area contributed by atoms with Crippen LogP contribution in [0.4, 0.5) is 8.78 Å². The van der Waals surface area contributed by atoms with Crippen molar-refractivity contribution in [1.82, 2.24) is 14.2 Å². The van der Waals surface area contributed by atoms with E-state index in [0.29, 0.717) is 19.6 Å². The van der Waals surface area contributed by atoms with Crippen molar-refractivity contribution in [2.24, 2.45) is 0 Å². The van der Waals surface area contributed by atoms with Crippen LogP contribution in [0.3, 0.4) is 0 Å². The molecule has 0 unspecified atom stereocenters. The van der Waals surface area contributed by atoms with E-state index in [0.717, 1.165) is 22.3 Å². The largest absolute Gasteiger partial charge is 0.495 e. The van der Waals surface area contributed by atoms with Crippen molar-refractivity contribution in [2.45, 2.75) is 11.4 Å². The van der Waals surface area contributed by atoms with Gasteiger partial charge in [-0.25, -0.2) is 22.2 Å². The average Bonchev–Trinajstić information content (AvgIpc) is 3.23. The Morgan fingerprint density at radius 2 is 1.71 bits per heavy atom. The van der Waals surface area contributed by atoms with E-state index in [1.807, 2.05) is 5.38 Å². The normalized spacial score (nSPS) is 15.8. The quantitative estimate of drug-likeness (QED) is 0.557. The molecule has 0 amide bonds. The Balaban J connectivity index is 1.40. The molecule has 2 aromatic carbocycles. The Morgan fingerprint density at radius 3 is 2.39 bits per heavy atom. The summed E-state index contributed by atoms with van der Waals surface area (Å²) in [5, 5.41) is 2.84. The number of halogens is 2. The highest BCUT2D eigenvalue weighted by Gasteiger charge is 2.31. The van der Waals surface area contributed by atoms with Gasteiger partial charge in [0.15, 0.2) is 0 Å². The predicted molar refractivity (Wildman–Crippen MR) is 114 cm³/mol. The van der Waals surface area contributed by atoms with E-state index in [4.69, 9.17) is 4.74 Å². The van der Waals surface area contributed by atoms with Crippen LogP contribution in [0.25, 0.3) is 11.3 Å². The number of ether oxygens (including phenoxy) is 1. The molecular formula is C21H21F2N3O3S2. The second-order valence-corrected chi connectivity index (χ2v) is 9.96. The van der Waals surface area contributed by atoms with E-state index < -0.39 is 15.8 Å². The lowest BCUT2D eigenvalue weighted by Gasteiger charge is -2.33. The van der Waals surface area contributed by atoms with Gasteiger partial charge in [0.1, 0.15) is 27.3 Å². The molecule has 0 bridgehead atoms. The lowest BCUT2D eigenvalue weighted by molar-refractivity contribution is 0.181. The third kappa shape index (κ3) is 4.77. The number of rotatable bonds is 6. The molecule has 4 rings (SSSR count). The van der Waals surface area contributed by atoms with Gasteiger partial charge in [-0.1, -0.05) is 0 Å². The molecular weight excluding hydrogens is 444 g/mol. The molecule has 1 saturated heterocycles. The summed E-state index contributed by atoms with van der Waals surface area (Å²) in [7, 11) is -2.50. The van der Waals surface area contributed by atoms with Gasteiger partial charge in [-0.3, -0.25) is 4.90 Å².